The molecule has 0 saturated carbocycles. The third-order valence-corrected chi connectivity index (χ3v) is 3.89. The molecule has 2 saturated heterocycles. The van der Waals surface area contributed by atoms with E-state index in [4.69, 9.17) is 4.74 Å². The largest absolute Gasteiger partial charge is 0.388 e. The molecule has 2 aliphatic rings. The van der Waals surface area contributed by atoms with Crippen molar-refractivity contribution in [3.8, 4) is 0 Å². The quantitative estimate of drug-likeness (QED) is 0.758. The van der Waals surface area contributed by atoms with E-state index in [1.807, 2.05) is 0 Å². The molecule has 0 amide bonds. The van der Waals surface area contributed by atoms with Crippen molar-refractivity contribution in [2.24, 2.45) is 0 Å². The molecule has 100 valence electrons. The lowest BCUT2D eigenvalue weighted by Crippen LogP contribution is -2.50. The molecule has 2 fully saturated rings. The van der Waals surface area contributed by atoms with Crippen molar-refractivity contribution in [2.75, 3.05) is 39.8 Å². The maximum atomic E-state index is 10.4. The Morgan fingerprint density at radius 3 is 2.76 bits per heavy atom. The molecule has 2 heterocycles. The van der Waals surface area contributed by atoms with E-state index in [2.05, 4.69) is 17.3 Å². The molecule has 17 heavy (non-hydrogen) atoms. The van der Waals surface area contributed by atoms with Crippen LogP contribution in [0.1, 0.15) is 32.1 Å². The summed E-state index contributed by atoms with van der Waals surface area (Å²) in [6.07, 6.45) is 5.76. The smallest absolute Gasteiger partial charge is 0.0798 e. The average molecular weight is 242 g/mol. The van der Waals surface area contributed by atoms with E-state index in [0.29, 0.717) is 6.10 Å². The molecule has 0 radical (unpaired) electrons. The molecule has 4 heteroatoms. The Labute approximate surface area is 104 Å². The minimum Gasteiger partial charge on any atom is -0.388 e. The van der Waals surface area contributed by atoms with Crippen molar-refractivity contribution < 1.29 is 9.84 Å². The van der Waals surface area contributed by atoms with Crippen LogP contribution in [0.5, 0.6) is 0 Å². The second-order valence-electron chi connectivity index (χ2n) is 5.66. The summed E-state index contributed by atoms with van der Waals surface area (Å²) in [5, 5.41) is 13.7. The Morgan fingerprint density at radius 2 is 2.12 bits per heavy atom. The third-order valence-electron chi connectivity index (χ3n) is 3.89. The van der Waals surface area contributed by atoms with Crippen LogP contribution in [0.4, 0.5) is 0 Å². The summed E-state index contributed by atoms with van der Waals surface area (Å²) in [5.74, 6) is 0. The second kappa shape index (κ2) is 6.14. The molecule has 0 aliphatic carbocycles. The summed E-state index contributed by atoms with van der Waals surface area (Å²) < 4.78 is 5.74. The summed E-state index contributed by atoms with van der Waals surface area (Å²) in [6.45, 7) is 4.51. The van der Waals surface area contributed by atoms with Crippen LogP contribution in [-0.4, -0.2) is 61.5 Å². The highest BCUT2D eigenvalue weighted by atomic mass is 16.5. The lowest BCUT2D eigenvalue weighted by molar-refractivity contribution is -0.0410. The highest BCUT2D eigenvalue weighted by Crippen LogP contribution is 2.20. The lowest BCUT2D eigenvalue weighted by Gasteiger charge is -2.37. The molecule has 0 spiro atoms. The average Bonchev–Trinajstić information content (AvgIpc) is 2.30. The number of hydrogen-bond acceptors (Lipinski definition) is 4. The number of likely N-dealkylation sites (N-methyl/N-ethyl adjacent to an activating group) is 1. The second-order valence-corrected chi connectivity index (χ2v) is 5.66. The van der Waals surface area contributed by atoms with Gasteiger partial charge in [0.1, 0.15) is 0 Å². The molecular formula is C13H26N2O2. The summed E-state index contributed by atoms with van der Waals surface area (Å²) in [6, 6.07) is 0. The Balaban J connectivity index is 1.73. The van der Waals surface area contributed by atoms with Crippen molar-refractivity contribution in [3.63, 3.8) is 0 Å². The first kappa shape index (κ1) is 13.3. The van der Waals surface area contributed by atoms with E-state index < -0.39 is 5.60 Å². The van der Waals surface area contributed by atoms with Crippen molar-refractivity contribution in [3.05, 3.63) is 0 Å². The van der Waals surface area contributed by atoms with Gasteiger partial charge in [0.2, 0.25) is 0 Å². The van der Waals surface area contributed by atoms with Crippen LogP contribution >= 0.6 is 0 Å². The maximum Gasteiger partial charge on any atom is 0.0798 e. The van der Waals surface area contributed by atoms with Gasteiger partial charge in [0.25, 0.3) is 0 Å². The first-order valence-corrected chi connectivity index (χ1v) is 6.91. The molecule has 0 bridgehead atoms. The highest BCUT2D eigenvalue weighted by molar-refractivity contribution is 4.87. The van der Waals surface area contributed by atoms with Crippen molar-refractivity contribution in [1.82, 2.24) is 10.2 Å². The van der Waals surface area contributed by atoms with Crippen LogP contribution < -0.4 is 5.32 Å². The van der Waals surface area contributed by atoms with E-state index in [1.54, 1.807) is 0 Å². The van der Waals surface area contributed by atoms with E-state index in [1.165, 1.54) is 19.3 Å². The molecule has 4 nitrogen and oxygen atoms in total. The van der Waals surface area contributed by atoms with Gasteiger partial charge in [-0.2, -0.15) is 0 Å². The molecule has 0 aromatic heterocycles. The van der Waals surface area contributed by atoms with Gasteiger partial charge >= 0.3 is 0 Å². The summed E-state index contributed by atoms with van der Waals surface area (Å²) in [7, 11) is 2.10. The molecule has 2 aliphatic heterocycles. The van der Waals surface area contributed by atoms with Gasteiger partial charge in [-0.1, -0.05) is 0 Å². The predicted molar refractivity (Wildman–Crippen MR) is 68.1 cm³/mol. The van der Waals surface area contributed by atoms with Crippen molar-refractivity contribution >= 4 is 0 Å². The van der Waals surface area contributed by atoms with Crippen LogP contribution in [0.3, 0.4) is 0 Å². The Morgan fingerprint density at radius 1 is 1.35 bits per heavy atom. The fraction of sp³-hybridized carbons (Fsp3) is 1.00. The van der Waals surface area contributed by atoms with Crippen LogP contribution in [0.2, 0.25) is 0 Å². The Kier molecular flexibility index (Phi) is 4.79. The van der Waals surface area contributed by atoms with Gasteiger partial charge < -0.3 is 20.1 Å². The van der Waals surface area contributed by atoms with Crippen molar-refractivity contribution in [2.45, 2.75) is 43.8 Å². The number of hydrogen-bond donors (Lipinski definition) is 2. The zero-order valence-electron chi connectivity index (χ0n) is 11.0. The first-order valence-electron chi connectivity index (χ1n) is 6.91. The minimum atomic E-state index is -0.491. The van der Waals surface area contributed by atoms with Crippen LogP contribution in [0, 0.1) is 0 Å². The topological polar surface area (TPSA) is 44.7 Å². The lowest BCUT2D eigenvalue weighted by atomic mass is 9.92. The summed E-state index contributed by atoms with van der Waals surface area (Å²) in [5.41, 5.74) is -0.491. The van der Waals surface area contributed by atoms with E-state index in [9.17, 15) is 5.11 Å². The van der Waals surface area contributed by atoms with E-state index in [-0.39, 0.29) is 0 Å². The summed E-state index contributed by atoms with van der Waals surface area (Å²) in [4.78, 5) is 2.24. The third kappa shape index (κ3) is 4.21. The van der Waals surface area contributed by atoms with E-state index in [0.717, 1.165) is 45.6 Å². The zero-order chi connectivity index (χ0) is 12.1. The number of nitrogens with one attached hydrogen (secondary N) is 1. The Bertz CT molecular complexity index is 223. The van der Waals surface area contributed by atoms with Gasteiger partial charge in [-0.25, -0.2) is 0 Å². The van der Waals surface area contributed by atoms with Gasteiger partial charge in [-0.15, -0.1) is 0 Å². The predicted octanol–water partition coefficient (Wildman–Crippen LogP) is 0.602. The molecule has 2 N–H and O–H groups in total. The fourth-order valence-electron chi connectivity index (χ4n) is 2.92. The zero-order valence-corrected chi connectivity index (χ0v) is 11.0. The molecule has 0 aromatic carbocycles. The van der Waals surface area contributed by atoms with Gasteiger partial charge in [-0.3, -0.25) is 0 Å². The van der Waals surface area contributed by atoms with Gasteiger partial charge in [0, 0.05) is 19.7 Å². The highest BCUT2D eigenvalue weighted by Gasteiger charge is 2.31. The van der Waals surface area contributed by atoms with Gasteiger partial charge in [0.15, 0.2) is 0 Å². The SMILES string of the molecule is CN(CC1CCCCO1)CC1(O)CCNCC1. The first-order chi connectivity index (χ1) is 8.18. The number of rotatable bonds is 4. The number of aliphatic hydroxyl groups is 1. The molecular weight excluding hydrogens is 216 g/mol. The normalized spacial score (nSPS) is 29.5. The minimum absolute atomic E-state index is 0.374. The van der Waals surface area contributed by atoms with Crippen LogP contribution in [0.15, 0.2) is 0 Å². The van der Waals surface area contributed by atoms with Crippen LogP contribution in [-0.2, 0) is 4.74 Å². The van der Waals surface area contributed by atoms with Crippen molar-refractivity contribution in [1.29, 1.82) is 0 Å². The number of piperidine rings is 1. The molecule has 1 atom stereocenters. The molecule has 0 aromatic rings. The number of ether oxygens (including phenoxy) is 1. The molecule has 1 unspecified atom stereocenters. The van der Waals surface area contributed by atoms with Crippen LogP contribution in [0.25, 0.3) is 0 Å². The standard InChI is InChI=1S/C13H26N2O2/c1-15(10-12-4-2-3-9-17-12)11-13(16)5-7-14-8-6-13/h12,14,16H,2-11H2,1H3. The molecule has 2 rings (SSSR count). The van der Waals surface area contributed by atoms with Gasteiger partial charge in [-0.05, 0) is 52.2 Å². The van der Waals surface area contributed by atoms with E-state index >= 15 is 0 Å². The Hall–Kier alpha value is -0.160. The maximum absolute atomic E-state index is 10.4. The fourth-order valence-corrected chi connectivity index (χ4v) is 2.92. The monoisotopic (exact) mass is 242 g/mol. The number of nitrogens with zero attached hydrogens (tertiary/aromatic N) is 1. The van der Waals surface area contributed by atoms with Gasteiger partial charge in [0.05, 0.1) is 11.7 Å². The summed E-state index contributed by atoms with van der Waals surface area (Å²) >= 11 is 0.